The topological polar surface area (TPSA) is 64.0 Å². The summed E-state index contributed by atoms with van der Waals surface area (Å²) < 4.78 is 1.43. The van der Waals surface area contributed by atoms with Crippen LogP contribution in [-0.4, -0.2) is 15.7 Å². The molecule has 0 aliphatic rings. The third kappa shape index (κ3) is 3.99. The molecule has 0 aliphatic carbocycles. The summed E-state index contributed by atoms with van der Waals surface area (Å²) in [5, 5.41) is 8.40. The summed E-state index contributed by atoms with van der Waals surface area (Å²) in [6.45, 7) is 3.06. The van der Waals surface area contributed by atoms with E-state index in [9.17, 15) is 9.59 Å². The van der Waals surface area contributed by atoms with Gasteiger partial charge in [-0.25, -0.2) is 4.68 Å². The minimum Gasteiger partial charge on any atom is -0.347 e. The van der Waals surface area contributed by atoms with Gasteiger partial charge in [0.25, 0.3) is 11.5 Å². The number of nitrogens with zero attached hydrogens (tertiary/aromatic N) is 2. The maximum absolute atomic E-state index is 12.7. The highest BCUT2D eigenvalue weighted by molar-refractivity contribution is 6.04. The molecule has 0 saturated carbocycles. The summed E-state index contributed by atoms with van der Waals surface area (Å²) in [7, 11) is 0. The molecule has 0 spiro atoms. The highest BCUT2D eigenvalue weighted by Gasteiger charge is 2.16. The maximum Gasteiger partial charge on any atom is 0.274 e. The zero-order valence-electron chi connectivity index (χ0n) is 14.9. The molecule has 0 fully saturated rings. The Morgan fingerprint density at radius 1 is 1.00 bits per heavy atom. The summed E-state index contributed by atoms with van der Waals surface area (Å²) in [6, 6.07) is 16.9. The number of nitrogens with one attached hydrogen (secondary N) is 1. The second-order valence-corrected chi connectivity index (χ2v) is 6.30. The molecule has 0 unspecified atom stereocenters. The van der Waals surface area contributed by atoms with E-state index in [1.165, 1.54) is 4.68 Å². The first-order valence-electron chi connectivity index (χ1n) is 9.02. The average molecular weight is 349 g/mol. The van der Waals surface area contributed by atoms with Crippen LogP contribution < -0.4 is 10.9 Å². The van der Waals surface area contributed by atoms with Crippen LogP contribution in [0.2, 0.25) is 0 Å². The highest BCUT2D eigenvalue weighted by Crippen LogP contribution is 2.14. The molecule has 1 amide bonds. The number of hydrogen-bond donors (Lipinski definition) is 1. The van der Waals surface area contributed by atoms with Gasteiger partial charge in [-0.15, -0.1) is 0 Å². The zero-order valence-corrected chi connectivity index (χ0v) is 14.9. The van der Waals surface area contributed by atoms with Crippen LogP contribution in [-0.2, 0) is 13.1 Å². The van der Waals surface area contributed by atoms with Gasteiger partial charge < -0.3 is 5.32 Å². The smallest absolute Gasteiger partial charge is 0.274 e. The molecule has 1 N–H and O–H groups in total. The number of aromatic nitrogens is 2. The Kier molecular flexibility index (Phi) is 5.79. The van der Waals surface area contributed by atoms with Crippen LogP contribution in [0, 0.1) is 0 Å². The molecular weight excluding hydrogens is 326 g/mol. The van der Waals surface area contributed by atoms with Gasteiger partial charge in [0, 0.05) is 18.5 Å². The van der Waals surface area contributed by atoms with Crippen molar-refractivity contribution in [2.24, 2.45) is 0 Å². The SMILES string of the molecule is CCCCCn1nc(C(=O)NCc2ccccc2)c2ccccc2c1=O. The lowest BCUT2D eigenvalue weighted by Gasteiger charge is -2.11. The predicted molar refractivity (Wildman–Crippen MR) is 103 cm³/mol. The van der Waals surface area contributed by atoms with Crippen molar-refractivity contribution in [1.29, 1.82) is 0 Å². The number of fused-ring (bicyclic) bond motifs is 1. The summed E-state index contributed by atoms with van der Waals surface area (Å²) in [5.41, 5.74) is 1.17. The Bertz CT molecular complexity index is 948. The second-order valence-electron chi connectivity index (χ2n) is 6.30. The fourth-order valence-corrected chi connectivity index (χ4v) is 2.93. The van der Waals surface area contributed by atoms with E-state index in [-0.39, 0.29) is 11.5 Å². The molecule has 1 heterocycles. The van der Waals surface area contributed by atoms with Crippen molar-refractivity contribution in [3.63, 3.8) is 0 Å². The summed E-state index contributed by atoms with van der Waals surface area (Å²) in [6.07, 6.45) is 2.95. The Morgan fingerprint density at radius 3 is 2.42 bits per heavy atom. The van der Waals surface area contributed by atoms with Crippen LogP contribution in [0.15, 0.2) is 59.4 Å². The maximum atomic E-state index is 12.7. The van der Waals surface area contributed by atoms with E-state index in [0.717, 1.165) is 24.8 Å². The van der Waals surface area contributed by atoms with Gasteiger partial charge in [0.2, 0.25) is 0 Å². The lowest BCUT2D eigenvalue weighted by Crippen LogP contribution is -2.30. The highest BCUT2D eigenvalue weighted by atomic mass is 16.2. The quantitative estimate of drug-likeness (QED) is 0.664. The number of carbonyl (C=O) groups is 1. The summed E-state index contributed by atoms with van der Waals surface area (Å²) >= 11 is 0. The molecule has 3 rings (SSSR count). The van der Waals surface area contributed by atoms with Crippen LogP contribution in [0.4, 0.5) is 0 Å². The van der Waals surface area contributed by atoms with Crippen molar-refractivity contribution in [3.05, 3.63) is 76.2 Å². The van der Waals surface area contributed by atoms with Crippen molar-refractivity contribution < 1.29 is 4.79 Å². The van der Waals surface area contributed by atoms with Crippen molar-refractivity contribution in [1.82, 2.24) is 15.1 Å². The molecule has 134 valence electrons. The third-order valence-corrected chi connectivity index (χ3v) is 4.35. The lowest BCUT2D eigenvalue weighted by atomic mass is 10.1. The Morgan fingerprint density at radius 2 is 1.69 bits per heavy atom. The van der Waals surface area contributed by atoms with E-state index in [2.05, 4.69) is 17.3 Å². The molecule has 0 saturated heterocycles. The van der Waals surface area contributed by atoms with Gasteiger partial charge in [-0.1, -0.05) is 68.3 Å². The Balaban J connectivity index is 1.91. The van der Waals surface area contributed by atoms with Crippen molar-refractivity contribution >= 4 is 16.7 Å². The normalized spacial score (nSPS) is 10.8. The lowest BCUT2D eigenvalue weighted by molar-refractivity contribution is 0.0945. The molecule has 2 aromatic carbocycles. The van der Waals surface area contributed by atoms with Crippen molar-refractivity contribution in [3.8, 4) is 0 Å². The largest absolute Gasteiger partial charge is 0.347 e. The number of rotatable bonds is 7. The van der Waals surface area contributed by atoms with Crippen LogP contribution in [0.5, 0.6) is 0 Å². The number of amides is 1. The number of aryl methyl sites for hydroxylation is 1. The summed E-state index contributed by atoms with van der Waals surface area (Å²) in [4.78, 5) is 25.4. The monoisotopic (exact) mass is 349 g/mol. The number of unbranched alkanes of at least 4 members (excludes halogenated alkanes) is 2. The van der Waals surface area contributed by atoms with E-state index < -0.39 is 0 Å². The molecule has 0 atom stereocenters. The number of benzene rings is 2. The minimum atomic E-state index is -0.269. The number of hydrogen-bond acceptors (Lipinski definition) is 3. The van der Waals surface area contributed by atoms with Crippen LogP contribution in [0.3, 0.4) is 0 Å². The fraction of sp³-hybridized carbons (Fsp3) is 0.286. The molecule has 3 aromatic rings. The van der Waals surface area contributed by atoms with Crippen molar-refractivity contribution in [2.75, 3.05) is 0 Å². The van der Waals surface area contributed by atoms with E-state index in [4.69, 9.17) is 0 Å². The fourth-order valence-electron chi connectivity index (χ4n) is 2.93. The minimum absolute atomic E-state index is 0.142. The average Bonchev–Trinajstić information content (AvgIpc) is 2.69. The van der Waals surface area contributed by atoms with Gasteiger partial charge in [-0.2, -0.15) is 5.10 Å². The molecule has 26 heavy (non-hydrogen) atoms. The molecule has 0 radical (unpaired) electrons. The number of carbonyl (C=O) groups excluding carboxylic acids is 1. The first-order chi connectivity index (χ1) is 12.7. The standard InChI is InChI=1S/C21H23N3O2/c1-2-3-9-14-24-21(26)18-13-8-7-12-17(18)19(23-24)20(25)22-15-16-10-5-4-6-11-16/h4-8,10-13H,2-3,9,14-15H2,1H3,(H,22,25). The van der Waals surface area contributed by atoms with Crippen LogP contribution in [0.25, 0.3) is 10.8 Å². The van der Waals surface area contributed by atoms with E-state index >= 15 is 0 Å². The first kappa shape index (κ1) is 17.9. The van der Waals surface area contributed by atoms with Gasteiger partial charge in [-0.3, -0.25) is 9.59 Å². The molecule has 1 aromatic heterocycles. The van der Waals surface area contributed by atoms with Gasteiger partial charge in [0.05, 0.1) is 5.39 Å². The molecule has 5 heteroatoms. The van der Waals surface area contributed by atoms with E-state index in [0.29, 0.717) is 29.6 Å². The van der Waals surface area contributed by atoms with Gasteiger partial charge in [0.1, 0.15) is 0 Å². The van der Waals surface area contributed by atoms with Crippen LogP contribution in [0.1, 0.15) is 42.2 Å². The van der Waals surface area contributed by atoms with Gasteiger partial charge in [0.15, 0.2) is 5.69 Å². The van der Waals surface area contributed by atoms with Gasteiger partial charge >= 0.3 is 0 Å². The van der Waals surface area contributed by atoms with Gasteiger partial charge in [-0.05, 0) is 18.1 Å². The van der Waals surface area contributed by atoms with E-state index in [1.807, 2.05) is 42.5 Å². The second kappa shape index (κ2) is 8.43. The molecular formula is C21H23N3O2. The third-order valence-electron chi connectivity index (χ3n) is 4.35. The Hall–Kier alpha value is -2.95. The zero-order chi connectivity index (χ0) is 18.4. The summed E-state index contributed by atoms with van der Waals surface area (Å²) in [5.74, 6) is -0.269. The molecule has 0 aliphatic heterocycles. The predicted octanol–water partition coefficient (Wildman–Crippen LogP) is 3.52. The molecule has 0 bridgehead atoms. The van der Waals surface area contributed by atoms with Crippen molar-refractivity contribution in [2.45, 2.75) is 39.3 Å². The Labute approximate surface area is 152 Å². The molecule has 5 nitrogen and oxygen atoms in total. The van der Waals surface area contributed by atoms with E-state index in [1.54, 1.807) is 12.1 Å². The first-order valence-corrected chi connectivity index (χ1v) is 9.02. The van der Waals surface area contributed by atoms with Crippen LogP contribution >= 0.6 is 0 Å².